The van der Waals surface area contributed by atoms with Crippen LogP contribution in [0.5, 0.6) is 0 Å². The molecule has 0 aliphatic rings. The van der Waals surface area contributed by atoms with Crippen molar-refractivity contribution in [1.29, 1.82) is 0 Å². The Morgan fingerprint density at radius 3 is 1.88 bits per heavy atom. The second kappa shape index (κ2) is 5.62. The first kappa shape index (κ1) is 14.8. The van der Waals surface area contributed by atoms with E-state index in [-0.39, 0.29) is 0 Å². The first-order valence-corrected chi connectivity index (χ1v) is 14.7. The molecule has 1 rings (SSSR count). The van der Waals surface area contributed by atoms with Gasteiger partial charge in [0.15, 0.2) is 8.32 Å². The van der Waals surface area contributed by atoms with E-state index in [9.17, 15) is 0 Å². The molecule has 94 valence electrons. The van der Waals surface area contributed by atoms with E-state index in [0.29, 0.717) is 0 Å². The molecule has 1 nitrogen and oxygen atoms in total. The van der Waals surface area contributed by atoms with E-state index in [0.717, 1.165) is 0 Å². The lowest BCUT2D eigenvalue weighted by atomic mass is 10.2. The summed E-state index contributed by atoms with van der Waals surface area (Å²) >= 11 is 0. The van der Waals surface area contributed by atoms with Crippen molar-refractivity contribution >= 4 is 29.3 Å². The van der Waals surface area contributed by atoms with Gasteiger partial charge >= 0.3 is 0 Å². The lowest BCUT2D eigenvalue weighted by Crippen LogP contribution is -2.30. The average Bonchev–Trinajstić information content (AvgIpc) is 2.14. The number of hydrogen-bond donors (Lipinski definition) is 0. The van der Waals surface area contributed by atoms with Crippen LogP contribution >= 0.6 is 7.75 Å². The topological polar surface area (TPSA) is 9.23 Å². The molecule has 0 bridgehead atoms. The van der Waals surface area contributed by atoms with Crippen LogP contribution in [0.4, 0.5) is 0 Å². The summed E-state index contributed by atoms with van der Waals surface area (Å²) < 4.78 is 6.28. The summed E-state index contributed by atoms with van der Waals surface area (Å²) in [5, 5.41) is 0. The fourth-order valence-electron chi connectivity index (χ4n) is 1.32. The van der Waals surface area contributed by atoms with Crippen LogP contribution in [0.3, 0.4) is 0 Å². The Hall–Kier alpha value is -0.216. The maximum absolute atomic E-state index is 6.28. The molecule has 1 aromatic rings. The highest BCUT2D eigenvalue weighted by atomic mass is 31.3. The molecule has 0 aliphatic carbocycles. The monoisotopic (exact) mass is 282 g/mol. The van der Waals surface area contributed by atoms with Gasteiger partial charge in [-0.2, -0.15) is 0 Å². The van der Waals surface area contributed by atoms with E-state index < -0.39 is 16.1 Å². The standard InChI is InChI=1S/C13H23OPSi2/c1-16(2,3)14-13(15-17(4,5)6)12-10-8-7-9-11-12/h7-11H,1-6H3. The molecule has 0 unspecified atom stereocenters. The molecular formula is C13H23OPSi2. The van der Waals surface area contributed by atoms with Crippen molar-refractivity contribution in [1.82, 2.24) is 0 Å². The Morgan fingerprint density at radius 2 is 1.47 bits per heavy atom. The van der Waals surface area contributed by atoms with Gasteiger partial charge in [-0.3, -0.25) is 0 Å². The first-order chi connectivity index (χ1) is 7.67. The average molecular weight is 282 g/mol. The van der Waals surface area contributed by atoms with Gasteiger partial charge < -0.3 is 4.43 Å². The van der Waals surface area contributed by atoms with Crippen molar-refractivity contribution in [3.8, 4) is 0 Å². The van der Waals surface area contributed by atoms with E-state index in [1.54, 1.807) is 0 Å². The second-order valence-electron chi connectivity index (χ2n) is 6.17. The number of rotatable bonds is 4. The molecule has 17 heavy (non-hydrogen) atoms. The van der Waals surface area contributed by atoms with Gasteiger partial charge in [-0.15, -0.1) is 0 Å². The van der Waals surface area contributed by atoms with Gasteiger partial charge in [0.2, 0.25) is 0 Å². The molecular weight excluding hydrogens is 259 g/mol. The van der Waals surface area contributed by atoms with Crippen molar-refractivity contribution in [2.45, 2.75) is 39.3 Å². The fourth-order valence-corrected chi connectivity index (χ4v) is 6.54. The van der Waals surface area contributed by atoms with E-state index in [2.05, 4.69) is 69.6 Å². The van der Waals surface area contributed by atoms with Crippen molar-refractivity contribution in [3.63, 3.8) is 0 Å². The summed E-state index contributed by atoms with van der Waals surface area (Å²) in [6, 6.07) is 10.5. The van der Waals surface area contributed by atoms with Crippen molar-refractivity contribution in [3.05, 3.63) is 35.9 Å². The molecule has 0 atom stereocenters. The van der Waals surface area contributed by atoms with Crippen LogP contribution in [0.25, 0.3) is 0 Å². The zero-order valence-corrected chi connectivity index (χ0v) is 14.6. The Kier molecular flexibility index (Phi) is 4.90. The van der Waals surface area contributed by atoms with Gasteiger partial charge in [0, 0.05) is 5.56 Å². The third kappa shape index (κ3) is 6.32. The van der Waals surface area contributed by atoms with Gasteiger partial charge in [0.25, 0.3) is 0 Å². The van der Waals surface area contributed by atoms with Crippen LogP contribution < -0.4 is 0 Å². The molecule has 0 saturated carbocycles. The summed E-state index contributed by atoms with van der Waals surface area (Å²) in [7, 11) is -1.29. The van der Waals surface area contributed by atoms with Gasteiger partial charge in [-0.25, -0.2) is 0 Å². The largest absolute Gasteiger partial charge is 0.382 e. The maximum atomic E-state index is 6.28. The van der Waals surface area contributed by atoms with Gasteiger partial charge in [0.1, 0.15) is 7.74 Å². The minimum Gasteiger partial charge on any atom is -0.382 e. The summed E-state index contributed by atoms with van der Waals surface area (Å²) in [6.07, 6.45) is 0. The first-order valence-electron chi connectivity index (χ1n) is 6.02. The van der Waals surface area contributed by atoms with E-state index in [1.165, 1.54) is 18.8 Å². The van der Waals surface area contributed by atoms with Crippen LogP contribution in [0.15, 0.2) is 30.3 Å². The lowest BCUT2D eigenvalue weighted by Gasteiger charge is -2.22. The highest BCUT2D eigenvalue weighted by Gasteiger charge is 2.21. The number of benzene rings is 1. The van der Waals surface area contributed by atoms with E-state index in [1.807, 2.05) is 0 Å². The van der Waals surface area contributed by atoms with Crippen LogP contribution in [-0.4, -0.2) is 21.5 Å². The predicted octanol–water partition coefficient (Wildman–Crippen LogP) is 4.80. The third-order valence-electron chi connectivity index (χ3n) is 1.86. The molecule has 0 radical (unpaired) electrons. The summed E-state index contributed by atoms with van der Waals surface area (Å²) in [4.78, 5) is 0. The molecule has 1 aromatic carbocycles. The quantitative estimate of drug-likeness (QED) is 0.569. The Morgan fingerprint density at radius 1 is 0.941 bits per heavy atom. The summed E-state index contributed by atoms with van der Waals surface area (Å²) in [6.45, 7) is 13.9. The van der Waals surface area contributed by atoms with Crippen molar-refractivity contribution in [2.75, 3.05) is 0 Å². The van der Waals surface area contributed by atoms with Crippen molar-refractivity contribution in [2.24, 2.45) is 0 Å². The summed E-state index contributed by atoms with van der Waals surface area (Å²) in [5.41, 5.74) is 2.43. The second-order valence-corrected chi connectivity index (χ2v) is 20.3. The number of hydrogen-bond acceptors (Lipinski definition) is 1. The van der Waals surface area contributed by atoms with E-state index >= 15 is 0 Å². The Labute approximate surface area is 109 Å². The molecule has 0 saturated heterocycles. The molecule has 0 aromatic heterocycles. The SMILES string of the molecule is C[Si](C)(C)OC(=P[Si](C)(C)C)c1ccccc1. The summed E-state index contributed by atoms with van der Waals surface area (Å²) in [5.74, 6) is 0. The van der Waals surface area contributed by atoms with Crippen LogP contribution in [0.2, 0.25) is 39.3 Å². The van der Waals surface area contributed by atoms with Crippen LogP contribution in [-0.2, 0) is 4.43 Å². The van der Waals surface area contributed by atoms with Gasteiger partial charge in [-0.1, -0.05) is 57.7 Å². The minimum absolute atomic E-state index is 1.17. The Bertz CT molecular complexity index is 388. The highest BCUT2D eigenvalue weighted by molar-refractivity contribution is 7.81. The van der Waals surface area contributed by atoms with Gasteiger partial charge in [-0.05, 0) is 19.6 Å². The predicted molar refractivity (Wildman–Crippen MR) is 85.2 cm³/mol. The normalized spacial score (nSPS) is 13.9. The Balaban J connectivity index is 3.09. The third-order valence-corrected chi connectivity index (χ3v) is 6.69. The maximum Gasteiger partial charge on any atom is 0.192 e. The van der Waals surface area contributed by atoms with E-state index in [4.69, 9.17) is 4.43 Å². The lowest BCUT2D eigenvalue weighted by molar-refractivity contribution is 0.567. The van der Waals surface area contributed by atoms with Crippen LogP contribution in [0, 0.1) is 0 Å². The van der Waals surface area contributed by atoms with Crippen LogP contribution in [0.1, 0.15) is 5.56 Å². The molecule has 0 heterocycles. The fraction of sp³-hybridized carbons (Fsp3) is 0.462. The molecule has 0 N–H and O–H groups in total. The zero-order chi connectivity index (χ0) is 13.1. The minimum atomic E-state index is -1.52. The molecule has 0 aliphatic heterocycles. The molecule has 0 fully saturated rings. The molecule has 4 heteroatoms. The molecule has 0 spiro atoms. The van der Waals surface area contributed by atoms with Gasteiger partial charge in [0.05, 0.1) is 5.48 Å². The smallest absolute Gasteiger partial charge is 0.192 e. The molecule has 0 amide bonds. The zero-order valence-electron chi connectivity index (χ0n) is 11.7. The highest BCUT2D eigenvalue weighted by Crippen LogP contribution is 2.24. The van der Waals surface area contributed by atoms with Crippen molar-refractivity contribution < 1.29 is 4.43 Å².